The molecule has 0 aliphatic heterocycles. The molecule has 1 nitrogen and oxygen atoms in total. The average molecular weight is 320 g/mol. The average Bonchev–Trinajstić information content (AvgIpc) is 2.83. The normalized spacial score (nSPS) is 14.6. The summed E-state index contributed by atoms with van der Waals surface area (Å²) in [5.74, 6) is -0.200. The number of hydrogen-bond acceptors (Lipinski definition) is 1. The second-order valence-corrected chi connectivity index (χ2v) is 5.76. The summed E-state index contributed by atoms with van der Waals surface area (Å²) in [5, 5.41) is 3.52. The third-order valence-electron chi connectivity index (χ3n) is 3.66. The van der Waals surface area contributed by atoms with Crippen LogP contribution < -0.4 is 5.32 Å². The lowest BCUT2D eigenvalue weighted by atomic mass is 10.1. The molecule has 19 heavy (non-hydrogen) atoms. The molecule has 0 fully saturated rings. The van der Waals surface area contributed by atoms with Crippen molar-refractivity contribution in [1.82, 2.24) is 5.32 Å². The van der Waals surface area contributed by atoms with Gasteiger partial charge in [-0.25, -0.2) is 4.39 Å². The minimum atomic E-state index is -0.200. The van der Waals surface area contributed by atoms with Crippen molar-refractivity contribution in [3.05, 3.63) is 69.4 Å². The number of rotatable bonds is 3. The summed E-state index contributed by atoms with van der Waals surface area (Å²) < 4.78 is 14.0. The van der Waals surface area contributed by atoms with Gasteiger partial charge in [0.1, 0.15) is 5.82 Å². The highest BCUT2D eigenvalue weighted by atomic mass is 79.9. The number of benzene rings is 2. The van der Waals surface area contributed by atoms with E-state index in [1.54, 1.807) is 6.07 Å². The molecule has 0 atom stereocenters. The van der Waals surface area contributed by atoms with Crippen LogP contribution in [0.4, 0.5) is 4.39 Å². The Kier molecular flexibility index (Phi) is 3.67. The fourth-order valence-corrected chi connectivity index (χ4v) is 3.05. The van der Waals surface area contributed by atoms with Gasteiger partial charge in [-0.2, -0.15) is 0 Å². The van der Waals surface area contributed by atoms with Crippen LogP contribution in [-0.2, 0) is 19.4 Å². The molecule has 2 aromatic rings. The van der Waals surface area contributed by atoms with Gasteiger partial charge in [0.15, 0.2) is 0 Å². The standard InChI is InChI=1S/C16H15BrFN/c17-16-13(6-3-7-15(16)18)10-19-14-8-11-4-1-2-5-12(11)9-14/h1-7,14,19H,8-10H2. The van der Waals surface area contributed by atoms with Crippen LogP contribution in [0.1, 0.15) is 16.7 Å². The van der Waals surface area contributed by atoms with Crippen LogP contribution in [0.5, 0.6) is 0 Å². The molecule has 1 N–H and O–H groups in total. The molecule has 0 radical (unpaired) electrons. The lowest BCUT2D eigenvalue weighted by Crippen LogP contribution is -2.29. The van der Waals surface area contributed by atoms with Crippen LogP contribution in [0.3, 0.4) is 0 Å². The van der Waals surface area contributed by atoms with E-state index in [2.05, 4.69) is 45.5 Å². The van der Waals surface area contributed by atoms with E-state index in [9.17, 15) is 4.39 Å². The molecule has 0 saturated carbocycles. The minimum absolute atomic E-state index is 0.200. The molecule has 3 rings (SSSR count). The first kappa shape index (κ1) is 12.8. The smallest absolute Gasteiger partial charge is 0.137 e. The maximum absolute atomic E-state index is 13.4. The second-order valence-electron chi connectivity index (χ2n) is 4.97. The van der Waals surface area contributed by atoms with Crippen molar-refractivity contribution in [3.63, 3.8) is 0 Å². The molecule has 98 valence electrons. The van der Waals surface area contributed by atoms with Crippen molar-refractivity contribution >= 4 is 15.9 Å². The molecule has 1 aliphatic carbocycles. The third kappa shape index (κ3) is 2.72. The van der Waals surface area contributed by atoms with Gasteiger partial charge in [-0.05, 0) is 51.5 Å². The first-order chi connectivity index (χ1) is 9.24. The molecule has 0 unspecified atom stereocenters. The molecular formula is C16H15BrFN. The van der Waals surface area contributed by atoms with Crippen LogP contribution in [0.2, 0.25) is 0 Å². The van der Waals surface area contributed by atoms with Gasteiger partial charge in [0.05, 0.1) is 4.47 Å². The summed E-state index contributed by atoms with van der Waals surface area (Å²) in [6, 6.07) is 14.2. The number of halogens is 2. The van der Waals surface area contributed by atoms with E-state index in [0.717, 1.165) is 18.4 Å². The van der Waals surface area contributed by atoms with Crippen LogP contribution >= 0.6 is 15.9 Å². The third-order valence-corrected chi connectivity index (χ3v) is 4.55. The first-order valence-electron chi connectivity index (χ1n) is 6.47. The van der Waals surface area contributed by atoms with Crippen molar-refractivity contribution in [2.75, 3.05) is 0 Å². The van der Waals surface area contributed by atoms with E-state index in [-0.39, 0.29) is 5.82 Å². The van der Waals surface area contributed by atoms with Crippen LogP contribution in [-0.4, -0.2) is 6.04 Å². The number of nitrogens with one attached hydrogen (secondary N) is 1. The maximum atomic E-state index is 13.4. The molecule has 0 aromatic heterocycles. The molecule has 0 bridgehead atoms. The van der Waals surface area contributed by atoms with Gasteiger partial charge in [0.2, 0.25) is 0 Å². The van der Waals surface area contributed by atoms with E-state index in [1.165, 1.54) is 17.2 Å². The molecule has 0 spiro atoms. The van der Waals surface area contributed by atoms with Gasteiger partial charge in [-0.3, -0.25) is 0 Å². The van der Waals surface area contributed by atoms with Crippen molar-refractivity contribution < 1.29 is 4.39 Å². The van der Waals surface area contributed by atoms with Gasteiger partial charge in [0, 0.05) is 12.6 Å². The summed E-state index contributed by atoms with van der Waals surface area (Å²) in [6.07, 6.45) is 2.12. The number of fused-ring (bicyclic) bond motifs is 1. The van der Waals surface area contributed by atoms with E-state index in [1.807, 2.05) is 6.07 Å². The zero-order valence-corrected chi connectivity index (χ0v) is 12.1. The molecule has 3 heteroatoms. The quantitative estimate of drug-likeness (QED) is 0.906. The highest BCUT2D eigenvalue weighted by molar-refractivity contribution is 9.10. The lowest BCUT2D eigenvalue weighted by molar-refractivity contribution is 0.529. The molecule has 1 aliphatic rings. The summed E-state index contributed by atoms with van der Waals surface area (Å²) in [4.78, 5) is 0. The Hall–Kier alpha value is -1.19. The predicted octanol–water partition coefficient (Wildman–Crippen LogP) is 3.85. The Balaban J connectivity index is 1.64. The zero-order valence-electron chi connectivity index (χ0n) is 10.5. The van der Waals surface area contributed by atoms with Crippen LogP contribution in [0, 0.1) is 5.82 Å². The van der Waals surface area contributed by atoms with Gasteiger partial charge < -0.3 is 5.32 Å². The van der Waals surface area contributed by atoms with Gasteiger partial charge in [-0.1, -0.05) is 36.4 Å². The van der Waals surface area contributed by atoms with Crippen LogP contribution in [0.15, 0.2) is 46.9 Å². The summed E-state index contributed by atoms with van der Waals surface area (Å²) in [7, 11) is 0. The van der Waals surface area contributed by atoms with Gasteiger partial charge in [0.25, 0.3) is 0 Å². The number of hydrogen-bond donors (Lipinski definition) is 1. The minimum Gasteiger partial charge on any atom is -0.309 e. The monoisotopic (exact) mass is 319 g/mol. The van der Waals surface area contributed by atoms with Crippen molar-refractivity contribution in [1.29, 1.82) is 0 Å². The topological polar surface area (TPSA) is 12.0 Å². The Morgan fingerprint density at radius 2 is 1.74 bits per heavy atom. The molecule has 0 heterocycles. The summed E-state index contributed by atoms with van der Waals surface area (Å²) in [5.41, 5.74) is 3.83. The zero-order chi connectivity index (χ0) is 13.2. The Morgan fingerprint density at radius 3 is 2.42 bits per heavy atom. The van der Waals surface area contributed by atoms with Gasteiger partial charge >= 0.3 is 0 Å². The fraction of sp³-hybridized carbons (Fsp3) is 0.250. The largest absolute Gasteiger partial charge is 0.309 e. The second kappa shape index (κ2) is 5.43. The molecular weight excluding hydrogens is 305 g/mol. The Bertz CT molecular complexity index is 572. The fourth-order valence-electron chi connectivity index (χ4n) is 2.64. The highest BCUT2D eigenvalue weighted by Crippen LogP contribution is 2.23. The van der Waals surface area contributed by atoms with Crippen LogP contribution in [0.25, 0.3) is 0 Å². The van der Waals surface area contributed by atoms with E-state index in [4.69, 9.17) is 0 Å². The summed E-state index contributed by atoms with van der Waals surface area (Å²) >= 11 is 3.30. The van der Waals surface area contributed by atoms with Gasteiger partial charge in [-0.15, -0.1) is 0 Å². The predicted molar refractivity (Wildman–Crippen MR) is 78.6 cm³/mol. The summed E-state index contributed by atoms with van der Waals surface area (Å²) in [6.45, 7) is 0.691. The first-order valence-corrected chi connectivity index (χ1v) is 7.26. The SMILES string of the molecule is Fc1cccc(CNC2Cc3ccccc3C2)c1Br. The van der Waals surface area contributed by atoms with Crippen molar-refractivity contribution in [2.24, 2.45) is 0 Å². The van der Waals surface area contributed by atoms with Crippen molar-refractivity contribution in [3.8, 4) is 0 Å². The van der Waals surface area contributed by atoms with E-state index < -0.39 is 0 Å². The van der Waals surface area contributed by atoms with Crippen molar-refractivity contribution in [2.45, 2.75) is 25.4 Å². The lowest BCUT2D eigenvalue weighted by Gasteiger charge is -2.13. The molecule has 0 amide bonds. The van der Waals surface area contributed by atoms with E-state index in [0.29, 0.717) is 17.1 Å². The highest BCUT2D eigenvalue weighted by Gasteiger charge is 2.20. The molecule has 2 aromatic carbocycles. The Labute approximate surface area is 121 Å². The Morgan fingerprint density at radius 1 is 1.05 bits per heavy atom. The molecule has 0 saturated heterocycles. The maximum Gasteiger partial charge on any atom is 0.137 e. The van der Waals surface area contributed by atoms with E-state index >= 15 is 0 Å².